The molecule has 0 spiro atoms. The number of rotatable bonds is 20. The molecule has 1 aromatic rings. The van der Waals surface area contributed by atoms with Crippen LogP contribution in [-0.4, -0.2) is 26.4 Å². The Morgan fingerprint density at radius 2 is 0.632 bits per heavy atom. The SMILES string of the molecule is C/C=C/C=C/COCc1cc(COC/C=C/C=C/C)c(COC/C=C/C=C/C)cc1COC/C=C/C=C/C. The van der Waals surface area contributed by atoms with Crippen molar-refractivity contribution in [2.45, 2.75) is 54.1 Å². The molecule has 0 N–H and O–H groups in total. The van der Waals surface area contributed by atoms with E-state index in [0.29, 0.717) is 52.9 Å². The highest BCUT2D eigenvalue weighted by Crippen LogP contribution is 2.22. The predicted molar refractivity (Wildman–Crippen MR) is 161 cm³/mol. The second kappa shape index (κ2) is 24.3. The fraction of sp³-hybridized carbons (Fsp3) is 0.353. The molecule has 0 aromatic heterocycles. The van der Waals surface area contributed by atoms with Crippen LogP contribution in [0.2, 0.25) is 0 Å². The summed E-state index contributed by atoms with van der Waals surface area (Å²) >= 11 is 0. The van der Waals surface area contributed by atoms with Crippen molar-refractivity contribution in [3.8, 4) is 0 Å². The maximum Gasteiger partial charge on any atom is 0.0724 e. The Balaban J connectivity index is 3.07. The summed E-state index contributed by atoms with van der Waals surface area (Å²) in [6.07, 6.45) is 31.9. The molecule has 206 valence electrons. The molecule has 1 rings (SSSR count). The molecule has 0 saturated carbocycles. The van der Waals surface area contributed by atoms with Gasteiger partial charge in [-0.3, -0.25) is 0 Å². The lowest BCUT2D eigenvalue weighted by atomic mass is 9.99. The van der Waals surface area contributed by atoms with Crippen LogP contribution < -0.4 is 0 Å². The molecule has 0 atom stereocenters. The van der Waals surface area contributed by atoms with E-state index in [1.807, 2.05) is 125 Å². The maximum absolute atomic E-state index is 5.96. The lowest BCUT2D eigenvalue weighted by molar-refractivity contribution is 0.127. The summed E-state index contributed by atoms with van der Waals surface area (Å²) in [5, 5.41) is 0. The molecule has 0 radical (unpaired) electrons. The normalized spacial score (nSPS) is 13.2. The number of hydrogen-bond acceptors (Lipinski definition) is 4. The van der Waals surface area contributed by atoms with Crippen LogP contribution in [0.5, 0.6) is 0 Å². The van der Waals surface area contributed by atoms with E-state index in [9.17, 15) is 0 Å². The van der Waals surface area contributed by atoms with Gasteiger partial charge in [-0.2, -0.15) is 0 Å². The van der Waals surface area contributed by atoms with Gasteiger partial charge in [0.15, 0.2) is 0 Å². The maximum atomic E-state index is 5.96. The zero-order chi connectivity index (χ0) is 27.5. The summed E-state index contributed by atoms with van der Waals surface area (Å²) < 4.78 is 23.8. The molecule has 0 unspecified atom stereocenters. The van der Waals surface area contributed by atoms with E-state index >= 15 is 0 Å². The number of benzene rings is 1. The number of allylic oxidation sites excluding steroid dienone is 12. The minimum absolute atomic E-state index is 0.495. The average Bonchev–Trinajstić information content (AvgIpc) is 2.93. The van der Waals surface area contributed by atoms with Crippen molar-refractivity contribution >= 4 is 0 Å². The van der Waals surface area contributed by atoms with Crippen LogP contribution in [0.1, 0.15) is 49.9 Å². The van der Waals surface area contributed by atoms with Crippen LogP contribution in [0, 0.1) is 0 Å². The van der Waals surface area contributed by atoms with Gasteiger partial charge in [-0.1, -0.05) is 109 Å². The molecule has 0 amide bonds. The predicted octanol–water partition coefficient (Wildman–Crippen LogP) is 8.28. The smallest absolute Gasteiger partial charge is 0.0724 e. The number of hydrogen-bond donors (Lipinski definition) is 0. The largest absolute Gasteiger partial charge is 0.373 e. The second-order valence-corrected chi connectivity index (χ2v) is 8.27. The molecular weight excluding hydrogens is 472 g/mol. The van der Waals surface area contributed by atoms with Crippen molar-refractivity contribution in [3.05, 3.63) is 132 Å². The minimum Gasteiger partial charge on any atom is -0.373 e. The van der Waals surface area contributed by atoms with Crippen molar-refractivity contribution in [3.63, 3.8) is 0 Å². The lowest BCUT2D eigenvalue weighted by Crippen LogP contribution is -2.08. The summed E-state index contributed by atoms with van der Waals surface area (Å²) in [6, 6.07) is 4.35. The fourth-order valence-corrected chi connectivity index (χ4v) is 3.26. The van der Waals surface area contributed by atoms with Gasteiger partial charge >= 0.3 is 0 Å². The van der Waals surface area contributed by atoms with Gasteiger partial charge in [-0.05, 0) is 49.9 Å². The van der Waals surface area contributed by atoms with Crippen molar-refractivity contribution in [2.75, 3.05) is 26.4 Å². The van der Waals surface area contributed by atoms with E-state index in [1.54, 1.807) is 0 Å². The van der Waals surface area contributed by atoms with Crippen molar-refractivity contribution in [1.82, 2.24) is 0 Å². The highest BCUT2D eigenvalue weighted by Gasteiger charge is 2.11. The van der Waals surface area contributed by atoms with Crippen LogP contribution in [0.3, 0.4) is 0 Å². The van der Waals surface area contributed by atoms with Gasteiger partial charge in [0.1, 0.15) is 0 Å². The Morgan fingerprint density at radius 3 is 0.842 bits per heavy atom. The summed E-state index contributed by atoms with van der Waals surface area (Å²) in [5.41, 5.74) is 4.40. The molecule has 0 fully saturated rings. The second-order valence-electron chi connectivity index (χ2n) is 8.27. The van der Waals surface area contributed by atoms with Gasteiger partial charge in [0.2, 0.25) is 0 Å². The van der Waals surface area contributed by atoms with Crippen LogP contribution in [0.15, 0.2) is 109 Å². The third-order valence-electron chi connectivity index (χ3n) is 5.17. The zero-order valence-electron chi connectivity index (χ0n) is 23.7. The first kappa shape index (κ1) is 33.0. The fourth-order valence-electron chi connectivity index (χ4n) is 3.26. The van der Waals surface area contributed by atoms with Crippen LogP contribution in [0.25, 0.3) is 0 Å². The molecule has 0 aliphatic rings. The Hall–Kier alpha value is -3.02. The average molecular weight is 519 g/mol. The molecule has 0 bridgehead atoms. The van der Waals surface area contributed by atoms with Gasteiger partial charge in [0, 0.05) is 0 Å². The van der Waals surface area contributed by atoms with E-state index in [4.69, 9.17) is 18.9 Å². The third-order valence-corrected chi connectivity index (χ3v) is 5.17. The van der Waals surface area contributed by atoms with Crippen LogP contribution >= 0.6 is 0 Å². The zero-order valence-corrected chi connectivity index (χ0v) is 23.7. The van der Waals surface area contributed by atoms with E-state index in [-0.39, 0.29) is 0 Å². The minimum atomic E-state index is 0.495. The standard InChI is InChI=1S/C34H46O4/c1-5-9-13-17-21-35-27-31-25-33(29-37-23-19-15-11-7-3)34(30-38-24-20-16-12-8-4)26-32(31)28-36-22-18-14-10-6-2/h5-20,25-26H,21-24,27-30H2,1-4H3/b9-5+,10-6+,11-7+,12-8+,17-13+,18-14+,19-15+,20-16+. The van der Waals surface area contributed by atoms with Gasteiger partial charge in [0.05, 0.1) is 52.9 Å². The van der Waals surface area contributed by atoms with Crippen molar-refractivity contribution in [2.24, 2.45) is 0 Å². The van der Waals surface area contributed by atoms with E-state index in [0.717, 1.165) is 22.3 Å². The summed E-state index contributed by atoms with van der Waals surface area (Å²) in [5.74, 6) is 0. The van der Waals surface area contributed by atoms with E-state index in [1.165, 1.54) is 0 Å². The van der Waals surface area contributed by atoms with Crippen molar-refractivity contribution in [1.29, 1.82) is 0 Å². The molecular formula is C34H46O4. The Bertz CT molecular complexity index is 820. The highest BCUT2D eigenvalue weighted by atomic mass is 16.5. The van der Waals surface area contributed by atoms with Crippen LogP contribution in [0.4, 0.5) is 0 Å². The molecule has 4 nitrogen and oxygen atoms in total. The first-order valence-corrected chi connectivity index (χ1v) is 13.3. The first-order valence-electron chi connectivity index (χ1n) is 13.3. The van der Waals surface area contributed by atoms with E-state index < -0.39 is 0 Å². The summed E-state index contributed by atoms with van der Waals surface area (Å²) in [4.78, 5) is 0. The summed E-state index contributed by atoms with van der Waals surface area (Å²) in [7, 11) is 0. The first-order chi connectivity index (χ1) is 18.8. The lowest BCUT2D eigenvalue weighted by Gasteiger charge is -2.17. The molecule has 1 aromatic carbocycles. The Morgan fingerprint density at radius 1 is 0.395 bits per heavy atom. The molecule has 0 saturated heterocycles. The van der Waals surface area contributed by atoms with E-state index in [2.05, 4.69) is 12.1 Å². The number of ether oxygens (including phenoxy) is 4. The molecule has 0 aliphatic heterocycles. The Labute approximate surface area is 231 Å². The molecule has 4 heteroatoms. The van der Waals surface area contributed by atoms with Gasteiger partial charge in [0.25, 0.3) is 0 Å². The monoisotopic (exact) mass is 518 g/mol. The summed E-state index contributed by atoms with van der Waals surface area (Å²) in [6.45, 7) is 12.1. The van der Waals surface area contributed by atoms with Crippen molar-refractivity contribution < 1.29 is 18.9 Å². The molecule has 0 heterocycles. The third kappa shape index (κ3) is 16.7. The molecule has 0 aliphatic carbocycles. The van der Waals surface area contributed by atoms with Crippen LogP contribution in [-0.2, 0) is 45.4 Å². The topological polar surface area (TPSA) is 36.9 Å². The van der Waals surface area contributed by atoms with Gasteiger partial charge in [-0.25, -0.2) is 0 Å². The highest BCUT2D eigenvalue weighted by molar-refractivity contribution is 5.38. The molecule has 38 heavy (non-hydrogen) atoms. The van der Waals surface area contributed by atoms with Gasteiger partial charge in [-0.15, -0.1) is 0 Å². The Kier molecular flexibility index (Phi) is 21.1. The van der Waals surface area contributed by atoms with Gasteiger partial charge < -0.3 is 18.9 Å². The quantitative estimate of drug-likeness (QED) is 0.129.